The second-order valence-electron chi connectivity index (χ2n) is 9.86. The fraction of sp³-hybridized carbons (Fsp3) is 0.500. The van der Waals surface area contributed by atoms with Gasteiger partial charge in [-0.3, -0.25) is 9.59 Å². The van der Waals surface area contributed by atoms with Crippen molar-refractivity contribution in [1.29, 1.82) is 0 Å². The van der Waals surface area contributed by atoms with Gasteiger partial charge in [-0.1, -0.05) is 24.3 Å². The third-order valence-electron chi connectivity index (χ3n) is 7.83. The molecule has 0 radical (unpaired) electrons. The van der Waals surface area contributed by atoms with Crippen LogP contribution in [0.1, 0.15) is 41.6 Å². The molecule has 0 unspecified atom stereocenters. The van der Waals surface area contributed by atoms with Crippen molar-refractivity contribution in [3.8, 4) is 11.5 Å². The Morgan fingerprint density at radius 2 is 1.97 bits per heavy atom. The van der Waals surface area contributed by atoms with E-state index in [9.17, 15) is 9.59 Å². The van der Waals surface area contributed by atoms with Crippen molar-refractivity contribution in [3.63, 3.8) is 0 Å². The minimum atomic E-state index is 0.0578. The van der Waals surface area contributed by atoms with Crippen molar-refractivity contribution < 1.29 is 19.1 Å². The molecule has 1 aliphatic carbocycles. The number of para-hydroxylation sites is 1. The van der Waals surface area contributed by atoms with Crippen LogP contribution in [0, 0.1) is 17.8 Å². The summed E-state index contributed by atoms with van der Waals surface area (Å²) in [5, 5.41) is 0. The zero-order valence-electron chi connectivity index (χ0n) is 19.9. The Balaban J connectivity index is 1.21. The van der Waals surface area contributed by atoms with Crippen molar-refractivity contribution in [2.45, 2.75) is 32.1 Å². The summed E-state index contributed by atoms with van der Waals surface area (Å²) in [6.07, 6.45) is 5.00. The number of methoxy groups -OCH3 is 1. The minimum absolute atomic E-state index is 0.0578. The van der Waals surface area contributed by atoms with Gasteiger partial charge in [0.05, 0.1) is 19.2 Å². The molecule has 2 aliphatic heterocycles. The summed E-state index contributed by atoms with van der Waals surface area (Å²) in [4.78, 5) is 29.2. The van der Waals surface area contributed by atoms with E-state index in [0.717, 1.165) is 38.2 Å². The van der Waals surface area contributed by atoms with Gasteiger partial charge in [-0.15, -0.1) is 0 Å². The lowest BCUT2D eigenvalue weighted by molar-refractivity contribution is -0.128. The van der Waals surface area contributed by atoms with E-state index >= 15 is 0 Å². The molecule has 3 atom stereocenters. The lowest BCUT2D eigenvalue weighted by Crippen LogP contribution is -2.31. The normalized spacial score (nSPS) is 23.9. The number of nitrogens with zero attached hydrogens (tertiary/aromatic N) is 2. The molecule has 0 N–H and O–H groups in total. The molecule has 2 amide bonds. The molecule has 180 valence electrons. The van der Waals surface area contributed by atoms with E-state index in [2.05, 4.69) is 18.2 Å². The van der Waals surface area contributed by atoms with E-state index in [1.165, 1.54) is 18.4 Å². The smallest absolute Gasteiger partial charge is 0.257 e. The SMILES string of the molecule is COc1cccc(C[C@H]2CC[C@@H]3CN(C(=O)c4ccccc4OCCN4CCCC4=O)C[C@H]23)c1. The maximum atomic E-state index is 13.5. The number of likely N-dealkylation sites (tertiary alicyclic amines) is 2. The molecule has 2 heterocycles. The van der Waals surface area contributed by atoms with Crippen molar-refractivity contribution in [2.75, 3.05) is 39.9 Å². The number of carbonyl (C=O) groups excluding carboxylic acids is 2. The van der Waals surface area contributed by atoms with E-state index < -0.39 is 0 Å². The number of carbonyl (C=O) groups is 2. The Labute approximate surface area is 201 Å². The minimum Gasteiger partial charge on any atom is -0.497 e. The van der Waals surface area contributed by atoms with Crippen LogP contribution in [0.2, 0.25) is 0 Å². The van der Waals surface area contributed by atoms with Crippen molar-refractivity contribution in [1.82, 2.24) is 9.80 Å². The molecule has 2 saturated heterocycles. The molecule has 0 spiro atoms. The molecular weight excluding hydrogens is 428 g/mol. The number of hydrogen-bond acceptors (Lipinski definition) is 4. The Kier molecular flexibility index (Phi) is 6.75. The number of rotatable bonds is 8. The zero-order chi connectivity index (χ0) is 23.5. The summed E-state index contributed by atoms with van der Waals surface area (Å²) in [5.74, 6) is 3.49. The van der Waals surface area contributed by atoms with Gasteiger partial charge in [-0.25, -0.2) is 0 Å². The molecule has 0 bridgehead atoms. The molecule has 0 aromatic heterocycles. The number of hydrogen-bond donors (Lipinski definition) is 0. The van der Waals surface area contributed by atoms with Gasteiger partial charge >= 0.3 is 0 Å². The standard InChI is InChI=1S/C28H34N2O4/c1-33-23-7-4-6-20(17-23)16-21-11-12-22-18-30(19-25(21)22)28(32)24-8-2-3-9-26(24)34-15-14-29-13-5-10-27(29)31/h2-4,6-9,17,21-22,25H,5,10-16,18-19H2,1H3/t21-,22-,25-/m1/s1. The first kappa shape index (κ1) is 22.8. The molecule has 6 nitrogen and oxygen atoms in total. The maximum absolute atomic E-state index is 13.5. The average molecular weight is 463 g/mol. The topological polar surface area (TPSA) is 59.1 Å². The second kappa shape index (κ2) is 10.1. The summed E-state index contributed by atoms with van der Waals surface area (Å²) in [5.41, 5.74) is 1.93. The van der Waals surface area contributed by atoms with Gasteiger partial charge in [0.2, 0.25) is 5.91 Å². The first-order valence-electron chi connectivity index (χ1n) is 12.5. The molecular formula is C28H34N2O4. The number of amides is 2. The summed E-state index contributed by atoms with van der Waals surface area (Å²) < 4.78 is 11.4. The van der Waals surface area contributed by atoms with Crippen LogP contribution in [0.4, 0.5) is 0 Å². The maximum Gasteiger partial charge on any atom is 0.257 e. The second-order valence-corrected chi connectivity index (χ2v) is 9.86. The number of benzene rings is 2. The van der Waals surface area contributed by atoms with Crippen LogP contribution in [0.15, 0.2) is 48.5 Å². The monoisotopic (exact) mass is 462 g/mol. The molecule has 5 rings (SSSR count). The molecule has 3 fully saturated rings. The highest BCUT2D eigenvalue weighted by Crippen LogP contribution is 2.44. The summed E-state index contributed by atoms with van der Waals surface area (Å²) in [7, 11) is 1.71. The Bertz CT molecular complexity index is 1040. The van der Waals surface area contributed by atoms with E-state index in [1.807, 2.05) is 40.1 Å². The van der Waals surface area contributed by atoms with Gasteiger partial charge < -0.3 is 19.3 Å². The molecule has 1 saturated carbocycles. The van der Waals surface area contributed by atoms with Crippen molar-refractivity contribution in [2.24, 2.45) is 17.8 Å². The van der Waals surface area contributed by atoms with Crippen LogP contribution >= 0.6 is 0 Å². The van der Waals surface area contributed by atoms with Crippen LogP contribution in [-0.4, -0.2) is 61.5 Å². The van der Waals surface area contributed by atoms with E-state index in [-0.39, 0.29) is 11.8 Å². The fourth-order valence-electron chi connectivity index (χ4n) is 6.05. The van der Waals surface area contributed by atoms with Crippen LogP contribution in [0.5, 0.6) is 11.5 Å². The Morgan fingerprint density at radius 1 is 1.09 bits per heavy atom. The highest BCUT2D eigenvalue weighted by Gasteiger charge is 2.44. The first-order valence-corrected chi connectivity index (χ1v) is 12.5. The van der Waals surface area contributed by atoms with Crippen molar-refractivity contribution >= 4 is 11.8 Å². The zero-order valence-corrected chi connectivity index (χ0v) is 19.9. The van der Waals surface area contributed by atoms with Gasteiger partial charge in [0.1, 0.15) is 18.1 Å². The lowest BCUT2D eigenvalue weighted by Gasteiger charge is -2.22. The van der Waals surface area contributed by atoms with Crippen LogP contribution in [0.25, 0.3) is 0 Å². The third-order valence-corrected chi connectivity index (χ3v) is 7.83. The average Bonchev–Trinajstić information content (AvgIpc) is 3.57. The summed E-state index contributed by atoms with van der Waals surface area (Å²) in [6.45, 7) is 3.42. The Morgan fingerprint density at radius 3 is 2.79 bits per heavy atom. The quantitative estimate of drug-likeness (QED) is 0.594. The van der Waals surface area contributed by atoms with Crippen LogP contribution in [0.3, 0.4) is 0 Å². The molecule has 3 aliphatic rings. The first-order chi connectivity index (χ1) is 16.6. The molecule has 2 aromatic rings. The van der Waals surface area contributed by atoms with E-state index in [0.29, 0.717) is 48.6 Å². The van der Waals surface area contributed by atoms with Crippen LogP contribution < -0.4 is 9.47 Å². The molecule has 34 heavy (non-hydrogen) atoms. The van der Waals surface area contributed by atoms with E-state index in [1.54, 1.807) is 7.11 Å². The van der Waals surface area contributed by atoms with Gasteiger partial charge in [-0.2, -0.15) is 0 Å². The largest absolute Gasteiger partial charge is 0.497 e. The number of fused-ring (bicyclic) bond motifs is 1. The Hall–Kier alpha value is -3.02. The molecule has 2 aromatic carbocycles. The molecule has 6 heteroatoms. The van der Waals surface area contributed by atoms with Gasteiger partial charge in [0, 0.05) is 26.1 Å². The van der Waals surface area contributed by atoms with Crippen molar-refractivity contribution in [3.05, 3.63) is 59.7 Å². The lowest BCUT2D eigenvalue weighted by atomic mass is 9.87. The van der Waals surface area contributed by atoms with Gasteiger partial charge in [0.25, 0.3) is 5.91 Å². The number of ether oxygens (including phenoxy) is 2. The van der Waals surface area contributed by atoms with E-state index in [4.69, 9.17) is 9.47 Å². The predicted octanol–water partition coefficient (Wildman–Crippen LogP) is 4.04. The fourth-order valence-corrected chi connectivity index (χ4v) is 6.05. The third kappa shape index (κ3) is 4.77. The summed E-state index contributed by atoms with van der Waals surface area (Å²) in [6, 6.07) is 15.9. The highest BCUT2D eigenvalue weighted by atomic mass is 16.5. The van der Waals surface area contributed by atoms with Crippen LogP contribution in [-0.2, 0) is 11.2 Å². The highest BCUT2D eigenvalue weighted by molar-refractivity contribution is 5.97. The predicted molar refractivity (Wildman–Crippen MR) is 130 cm³/mol. The van der Waals surface area contributed by atoms with Gasteiger partial charge in [0.15, 0.2) is 0 Å². The van der Waals surface area contributed by atoms with Gasteiger partial charge in [-0.05, 0) is 73.3 Å². The summed E-state index contributed by atoms with van der Waals surface area (Å²) >= 11 is 0.